The normalized spacial score (nSPS) is 16.8. The van der Waals surface area contributed by atoms with Crippen LogP contribution < -0.4 is 15.4 Å². The van der Waals surface area contributed by atoms with E-state index in [0.717, 1.165) is 43.7 Å². The molecular formula is C23H34FN5OS. The van der Waals surface area contributed by atoms with Crippen LogP contribution in [-0.4, -0.2) is 54.7 Å². The van der Waals surface area contributed by atoms with Gasteiger partial charge in [0.05, 0.1) is 17.2 Å². The fourth-order valence-corrected chi connectivity index (χ4v) is 4.27. The van der Waals surface area contributed by atoms with Crippen LogP contribution in [0.5, 0.6) is 5.75 Å². The van der Waals surface area contributed by atoms with Crippen molar-refractivity contribution in [2.24, 2.45) is 10.9 Å². The maximum atomic E-state index is 13.3. The number of rotatable bonds is 9. The maximum absolute atomic E-state index is 13.3. The van der Waals surface area contributed by atoms with Gasteiger partial charge in [0.15, 0.2) is 5.96 Å². The van der Waals surface area contributed by atoms with E-state index in [4.69, 9.17) is 4.74 Å². The maximum Gasteiger partial charge on any atom is 0.191 e. The third kappa shape index (κ3) is 8.10. The van der Waals surface area contributed by atoms with E-state index in [1.165, 1.54) is 30.7 Å². The van der Waals surface area contributed by atoms with E-state index in [-0.39, 0.29) is 11.9 Å². The first-order valence-electron chi connectivity index (χ1n) is 11.1. The summed E-state index contributed by atoms with van der Waals surface area (Å²) in [6.07, 6.45) is 2.21. The lowest BCUT2D eigenvalue weighted by atomic mass is 9.97. The number of ether oxygens (including phenoxy) is 1. The molecule has 2 aromatic rings. The lowest BCUT2D eigenvalue weighted by Gasteiger charge is -2.31. The first-order valence-corrected chi connectivity index (χ1v) is 12.0. The highest BCUT2D eigenvalue weighted by molar-refractivity contribution is 7.09. The van der Waals surface area contributed by atoms with Crippen LogP contribution in [0, 0.1) is 18.7 Å². The Labute approximate surface area is 188 Å². The van der Waals surface area contributed by atoms with E-state index in [2.05, 4.69) is 44.7 Å². The van der Waals surface area contributed by atoms with Crippen molar-refractivity contribution in [3.63, 3.8) is 0 Å². The second-order valence-electron chi connectivity index (χ2n) is 8.06. The summed E-state index contributed by atoms with van der Waals surface area (Å²) < 4.78 is 19.1. The molecule has 2 N–H and O–H groups in total. The average molecular weight is 448 g/mol. The molecule has 31 heavy (non-hydrogen) atoms. The number of guanidine groups is 1. The molecule has 1 aliphatic heterocycles. The number of hydrogen-bond acceptors (Lipinski definition) is 5. The van der Waals surface area contributed by atoms with Gasteiger partial charge < -0.3 is 15.4 Å². The largest absolute Gasteiger partial charge is 0.489 e. The monoisotopic (exact) mass is 447 g/mol. The predicted molar refractivity (Wildman–Crippen MR) is 125 cm³/mol. The van der Waals surface area contributed by atoms with Gasteiger partial charge in [-0.25, -0.2) is 14.4 Å². The van der Waals surface area contributed by atoms with E-state index in [1.807, 2.05) is 6.92 Å². The van der Waals surface area contributed by atoms with Gasteiger partial charge in [-0.05, 0) is 64.8 Å². The number of aromatic nitrogens is 1. The third-order valence-electron chi connectivity index (χ3n) is 5.30. The second kappa shape index (κ2) is 12.0. The molecule has 1 fully saturated rings. The van der Waals surface area contributed by atoms with E-state index < -0.39 is 0 Å². The summed E-state index contributed by atoms with van der Waals surface area (Å²) in [4.78, 5) is 11.7. The minimum atomic E-state index is -0.295. The fraction of sp³-hybridized carbons (Fsp3) is 0.565. The van der Waals surface area contributed by atoms with Crippen LogP contribution in [0.15, 0.2) is 34.6 Å². The molecule has 1 aromatic heterocycles. The van der Waals surface area contributed by atoms with Crippen LogP contribution >= 0.6 is 11.3 Å². The smallest absolute Gasteiger partial charge is 0.191 e. The van der Waals surface area contributed by atoms with Crippen LogP contribution in [0.3, 0.4) is 0 Å². The molecule has 8 heteroatoms. The zero-order valence-corrected chi connectivity index (χ0v) is 19.6. The topological polar surface area (TPSA) is 61.8 Å². The van der Waals surface area contributed by atoms with Gasteiger partial charge in [0.2, 0.25) is 0 Å². The summed E-state index contributed by atoms with van der Waals surface area (Å²) in [6.45, 7) is 11.4. The third-order valence-corrected chi connectivity index (χ3v) is 6.12. The predicted octanol–water partition coefficient (Wildman–Crippen LogP) is 3.83. The van der Waals surface area contributed by atoms with Crippen molar-refractivity contribution in [3.8, 4) is 5.75 Å². The number of thiazole rings is 1. The molecule has 0 saturated carbocycles. The Morgan fingerprint density at radius 1 is 1.35 bits per heavy atom. The molecule has 0 spiro atoms. The van der Waals surface area contributed by atoms with Gasteiger partial charge in [0.1, 0.15) is 17.7 Å². The molecule has 170 valence electrons. The fourth-order valence-electron chi connectivity index (χ4n) is 3.67. The van der Waals surface area contributed by atoms with Crippen LogP contribution in [-0.2, 0) is 6.54 Å². The highest BCUT2D eigenvalue weighted by Crippen LogP contribution is 2.19. The number of nitrogens with zero attached hydrogens (tertiary/aromatic N) is 3. The van der Waals surface area contributed by atoms with Crippen LogP contribution in [0.25, 0.3) is 0 Å². The zero-order chi connectivity index (χ0) is 22.1. The number of piperidine rings is 1. The highest BCUT2D eigenvalue weighted by Gasteiger charge is 2.20. The van der Waals surface area contributed by atoms with Crippen molar-refractivity contribution < 1.29 is 9.13 Å². The van der Waals surface area contributed by atoms with E-state index >= 15 is 0 Å². The minimum absolute atomic E-state index is 0.144. The molecular weight excluding hydrogens is 413 g/mol. The van der Waals surface area contributed by atoms with E-state index in [0.29, 0.717) is 18.2 Å². The molecule has 2 heterocycles. The van der Waals surface area contributed by atoms with Crippen LogP contribution in [0.2, 0.25) is 0 Å². The molecule has 1 atom stereocenters. The lowest BCUT2D eigenvalue weighted by molar-refractivity contribution is 0.176. The Bertz CT molecular complexity index is 835. The van der Waals surface area contributed by atoms with Crippen LogP contribution in [0.1, 0.15) is 37.4 Å². The SMILES string of the molecule is CCNC(=NCC(C)Oc1cccc(F)c1)NCC1CCN(Cc2csc(C)n2)CC1. The summed E-state index contributed by atoms with van der Waals surface area (Å²) >= 11 is 1.72. The first-order chi connectivity index (χ1) is 15.0. The van der Waals surface area contributed by atoms with Gasteiger partial charge in [-0.2, -0.15) is 0 Å². The van der Waals surface area contributed by atoms with Crippen molar-refractivity contribution in [2.45, 2.75) is 46.3 Å². The summed E-state index contributed by atoms with van der Waals surface area (Å²) in [5.41, 5.74) is 1.19. The van der Waals surface area contributed by atoms with Crippen molar-refractivity contribution >= 4 is 17.3 Å². The van der Waals surface area contributed by atoms with Gasteiger partial charge >= 0.3 is 0 Å². The molecule has 0 bridgehead atoms. The van der Waals surface area contributed by atoms with Crippen molar-refractivity contribution in [2.75, 3.05) is 32.7 Å². The number of likely N-dealkylation sites (tertiary alicyclic amines) is 1. The summed E-state index contributed by atoms with van der Waals surface area (Å²) in [7, 11) is 0. The van der Waals surface area contributed by atoms with Gasteiger partial charge in [-0.15, -0.1) is 11.3 Å². The second-order valence-corrected chi connectivity index (χ2v) is 9.13. The quantitative estimate of drug-likeness (QED) is 0.452. The number of aliphatic imine (C=N–C) groups is 1. The van der Waals surface area contributed by atoms with Crippen LogP contribution in [0.4, 0.5) is 4.39 Å². The van der Waals surface area contributed by atoms with Gasteiger partial charge in [0.25, 0.3) is 0 Å². The Balaban J connectivity index is 1.40. The molecule has 6 nitrogen and oxygen atoms in total. The van der Waals surface area contributed by atoms with Gasteiger partial charge in [0, 0.05) is 31.1 Å². The van der Waals surface area contributed by atoms with Gasteiger partial charge in [-0.3, -0.25) is 4.90 Å². The zero-order valence-electron chi connectivity index (χ0n) is 18.7. The molecule has 1 unspecified atom stereocenters. The lowest BCUT2D eigenvalue weighted by Crippen LogP contribution is -2.43. The van der Waals surface area contributed by atoms with E-state index in [1.54, 1.807) is 23.5 Å². The Hall–Kier alpha value is -2.19. The number of hydrogen-bond donors (Lipinski definition) is 2. The van der Waals surface area contributed by atoms with Gasteiger partial charge in [-0.1, -0.05) is 6.07 Å². The molecule has 3 rings (SSSR count). The Morgan fingerprint density at radius 3 is 2.84 bits per heavy atom. The number of aryl methyl sites for hydroxylation is 1. The molecule has 0 aliphatic carbocycles. The van der Waals surface area contributed by atoms with Crippen molar-refractivity contribution in [1.82, 2.24) is 20.5 Å². The first kappa shape index (κ1) is 23.5. The number of benzene rings is 1. The summed E-state index contributed by atoms with van der Waals surface area (Å²) in [5, 5.41) is 10.1. The highest BCUT2D eigenvalue weighted by atomic mass is 32.1. The Morgan fingerprint density at radius 2 is 2.16 bits per heavy atom. The molecule has 1 saturated heterocycles. The number of nitrogens with one attached hydrogen (secondary N) is 2. The molecule has 1 aromatic carbocycles. The number of halogens is 1. The van der Waals surface area contributed by atoms with E-state index in [9.17, 15) is 4.39 Å². The summed E-state index contributed by atoms with van der Waals surface area (Å²) in [5.74, 6) is 1.67. The molecule has 0 amide bonds. The average Bonchev–Trinajstić information content (AvgIpc) is 3.15. The molecule has 1 aliphatic rings. The standard InChI is InChI=1S/C23H34FN5OS/c1-4-25-23(26-13-17(2)30-22-7-5-6-20(24)12-22)27-14-19-8-10-29(11-9-19)15-21-16-31-18(3)28-21/h5-7,12,16-17,19H,4,8-11,13-15H2,1-3H3,(H2,25,26,27). The van der Waals surface area contributed by atoms with Crippen molar-refractivity contribution in [3.05, 3.63) is 46.2 Å². The van der Waals surface area contributed by atoms with Crippen molar-refractivity contribution in [1.29, 1.82) is 0 Å². The minimum Gasteiger partial charge on any atom is -0.489 e. The molecule has 0 radical (unpaired) electrons. The summed E-state index contributed by atoms with van der Waals surface area (Å²) in [6, 6.07) is 6.21. The Kier molecular flexibility index (Phi) is 9.09.